The number of hydrogen-bond acceptors (Lipinski definition) is 4. The number of rotatable bonds is 3. The summed E-state index contributed by atoms with van der Waals surface area (Å²) in [5.41, 5.74) is 1.22. The number of β-amino-alcohol motifs (C(OH)–C–C–N with tert-alkyl or cyclic N) is 1. The van der Waals surface area contributed by atoms with Crippen molar-refractivity contribution in [3.8, 4) is 0 Å². The van der Waals surface area contributed by atoms with Gasteiger partial charge in [0.1, 0.15) is 0 Å². The Kier molecular flexibility index (Phi) is 8.30. The number of anilines is 1. The summed E-state index contributed by atoms with van der Waals surface area (Å²) in [6.07, 6.45) is 2.27. The van der Waals surface area contributed by atoms with E-state index in [0.717, 1.165) is 25.9 Å². The molecule has 24 heavy (non-hydrogen) atoms. The van der Waals surface area contributed by atoms with Gasteiger partial charge in [0.2, 0.25) is 5.91 Å². The molecule has 0 bridgehead atoms. The summed E-state index contributed by atoms with van der Waals surface area (Å²) in [4.78, 5) is 16.8. The third-order valence-corrected chi connectivity index (χ3v) is 4.82. The number of nitrogens with zero attached hydrogens (tertiary/aromatic N) is 2. The first-order chi connectivity index (χ1) is 10.6. The second kappa shape index (κ2) is 9.47. The zero-order chi connectivity index (χ0) is 15.5. The number of hydrogen-bond donors (Lipinski definition) is 2. The summed E-state index contributed by atoms with van der Waals surface area (Å²) in [7, 11) is 1.90. The van der Waals surface area contributed by atoms with Gasteiger partial charge in [0.25, 0.3) is 0 Å². The van der Waals surface area contributed by atoms with Crippen molar-refractivity contribution in [3.05, 3.63) is 30.3 Å². The fraction of sp³-hybridized carbons (Fsp3) is 0.588. The van der Waals surface area contributed by atoms with E-state index < -0.39 is 6.10 Å². The molecule has 2 aliphatic rings. The smallest absolute Gasteiger partial charge is 0.239 e. The minimum atomic E-state index is -0.394. The molecule has 136 valence electrons. The van der Waals surface area contributed by atoms with Crippen molar-refractivity contribution in [1.29, 1.82) is 0 Å². The number of aliphatic hydroxyl groups is 1. The number of aliphatic hydroxyl groups excluding tert-OH is 1. The molecule has 5 nitrogen and oxygen atoms in total. The van der Waals surface area contributed by atoms with Crippen molar-refractivity contribution in [1.82, 2.24) is 10.2 Å². The van der Waals surface area contributed by atoms with Gasteiger partial charge in [0.15, 0.2) is 0 Å². The van der Waals surface area contributed by atoms with Crippen LogP contribution in [0, 0.1) is 0 Å². The third kappa shape index (κ3) is 4.76. The quantitative estimate of drug-likeness (QED) is 0.843. The molecule has 1 aromatic carbocycles. The highest BCUT2D eigenvalue weighted by molar-refractivity contribution is 5.85. The summed E-state index contributed by atoms with van der Waals surface area (Å²) in [6, 6.07) is 10.4. The maximum absolute atomic E-state index is 12.6. The second-order valence-corrected chi connectivity index (χ2v) is 6.38. The summed E-state index contributed by atoms with van der Waals surface area (Å²) >= 11 is 0. The Labute approximate surface area is 156 Å². The van der Waals surface area contributed by atoms with E-state index in [2.05, 4.69) is 34.5 Å². The fourth-order valence-electron chi connectivity index (χ4n) is 3.48. The van der Waals surface area contributed by atoms with Crippen molar-refractivity contribution in [2.24, 2.45) is 0 Å². The van der Waals surface area contributed by atoms with Crippen molar-refractivity contribution in [2.45, 2.75) is 37.5 Å². The molecule has 0 saturated carbocycles. The van der Waals surface area contributed by atoms with E-state index in [-0.39, 0.29) is 42.8 Å². The predicted octanol–water partition coefficient (Wildman–Crippen LogP) is 1.68. The SMILES string of the molecule is CN(C(=O)C1CC(O)CN1)C1CCCN(c2ccccc2)C1.Cl.Cl. The highest BCUT2D eigenvalue weighted by Crippen LogP contribution is 2.22. The lowest BCUT2D eigenvalue weighted by Gasteiger charge is -2.39. The number of piperidine rings is 1. The van der Waals surface area contributed by atoms with Crippen LogP contribution in [0.15, 0.2) is 30.3 Å². The molecule has 3 atom stereocenters. The average Bonchev–Trinajstić information content (AvgIpc) is 3.01. The summed E-state index contributed by atoms with van der Waals surface area (Å²) in [5, 5.41) is 12.7. The van der Waals surface area contributed by atoms with Gasteiger partial charge >= 0.3 is 0 Å². The predicted molar refractivity (Wildman–Crippen MR) is 101 cm³/mol. The number of halogens is 2. The topological polar surface area (TPSA) is 55.8 Å². The summed E-state index contributed by atoms with van der Waals surface area (Å²) < 4.78 is 0. The van der Waals surface area contributed by atoms with Gasteiger partial charge in [-0.05, 0) is 31.4 Å². The van der Waals surface area contributed by atoms with Crippen LogP contribution in [-0.4, -0.2) is 60.8 Å². The number of benzene rings is 1. The zero-order valence-electron chi connectivity index (χ0n) is 13.9. The first-order valence-electron chi connectivity index (χ1n) is 8.13. The maximum atomic E-state index is 12.6. The largest absolute Gasteiger partial charge is 0.392 e. The average molecular weight is 376 g/mol. The Morgan fingerprint density at radius 1 is 1.29 bits per heavy atom. The number of carbonyl (C=O) groups excluding carboxylic acids is 1. The molecule has 1 aromatic rings. The van der Waals surface area contributed by atoms with E-state index in [0.29, 0.717) is 13.0 Å². The van der Waals surface area contributed by atoms with E-state index in [1.165, 1.54) is 5.69 Å². The van der Waals surface area contributed by atoms with Gasteiger partial charge in [0.05, 0.1) is 12.1 Å². The number of amides is 1. The molecule has 2 saturated heterocycles. The maximum Gasteiger partial charge on any atom is 0.239 e. The second-order valence-electron chi connectivity index (χ2n) is 6.38. The van der Waals surface area contributed by atoms with E-state index in [9.17, 15) is 9.90 Å². The van der Waals surface area contributed by atoms with Crippen LogP contribution in [0.2, 0.25) is 0 Å². The Hall–Kier alpha value is -1.01. The van der Waals surface area contributed by atoms with E-state index in [1.807, 2.05) is 18.0 Å². The lowest BCUT2D eigenvalue weighted by atomic mass is 10.0. The standard InChI is InChI=1S/C17H25N3O2.2ClH/c1-19(17(22)16-10-15(21)11-18-16)14-8-5-9-20(12-14)13-6-3-2-4-7-13;;/h2-4,6-7,14-16,18,21H,5,8-12H2,1H3;2*1H. The van der Waals surface area contributed by atoms with Crippen LogP contribution in [0.5, 0.6) is 0 Å². The molecular weight excluding hydrogens is 349 g/mol. The van der Waals surface area contributed by atoms with E-state index in [4.69, 9.17) is 0 Å². The highest BCUT2D eigenvalue weighted by atomic mass is 35.5. The summed E-state index contributed by atoms with van der Waals surface area (Å²) in [6.45, 7) is 2.44. The van der Waals surface area contributed by atoms with Crippen LogP contribution in [0.4, 0.5) is 5.69 Å². The Balaban J connectivity index is 0.00000144. The van der Waals surface area contributed by atoms with Crippen molar-refractivity contribution < 1.29 is 9.90 Å². The van der Waals surface area contributed by atoms with Gasteiger partial charge in [-0.1, -0.05) is 18.2 Å². The van der Waals surface area contributed by atoms with Gasteiger partial charge in [-0.15, -0.1) is 24.8 Å². The fourth-order valence-corrected chi connectivity index (χ4v) is 3.48. The molecule has 0 aliphatic carbocycles. The van der Waals surface area contributed by atoms with Crippen LogP contribution in [0.3, 0.4) is 0 Å². The first kappa shape index (κ1) is 21.0. The molecule has 3 rings (SSSR count). The minimum absolute atomic E-state index is 0. The van der Waals surface area contributed by atoms with Crippen LogP contribution < -0.4 is 10.2 Å². The van der Waals surface area contributed by atoms with Gasteiger partial charge < -0.3 is 20.2 Å². The monoisotopic (exact) mass is 375 g/mol. The molecule has 2 N–H and O–H groups in total. The van der Waals surface area contributed by atoms with Crippen LogP contribution in [-0.2, 0) is 4.79 Å². The van der Waals surface area contributed by atoms with Crippen molar-refractivity contribution >= 4 is 36.4 Å². The van der Waals surface area contributed by atoms with Crippen LogP contribution >= 0.6 is 24.8 Å². The molecule has 0 aromatic heterocycles. The lowest BCUT2D eigenvalue weighted by Crippen LogP contribution is -2.52. The van der Waals surface area contributed by atoms with Crippen molar-refractivity contribution in [3.63, 3.8) is 0 Å². The van der Waals surface area contributed by atoms with E-state index >= 15 is 0 Å². The van der Waals surface area contributed by atoms with Crippen LogP contribution in [0.1, 0.15) is 19.3 Å². The van der Waals surface area contributed by atoms with Crippen molar-refractivity contribution in [2.75, 3.05) is 31.6 Å². The Morgan fingerprint density at radius 3 is 2.62 bits per heavy atom. The molecule has 2 aliphatic heterocycles. The normalized spacial score (nSPS) is 26.2. The molecule has 7 heteroatoms. The Bertz CT molecular complexity index is 518. The summed E-state index contributed by atoms with van der Waals surface area (Å²) in [5.74, 6) is 0.108. The van der Waals surface area contributed by atoms with E-state index in [1.54, 1.807) is 0 Å². The highest BCUT2D eigenvalue weighted by Gasteiger charge is 2.34. The van der Waals surface area contributed by atoms with Gasteiger partial charge in [-0.25, -0.2) is 0 Å². The number of carbonyl (C=O) groups is 1. The molecule has 2 heterocycles. The third-order valence-electron chi connectivity index (χ3n) is 4.82. The number of nitrogens with one attached hydrogen (secondary N) is 1. The first-order valence-corrected chi connectivity index (χ1v) is 8.13. The van der Waals surface area contributed by atoms with Gasteiger partial charge in [-0.3, -0.25) is 4.79 Å². The molecular formula is C17H27Cl2N3O2. The number of likely N-dealkylation sites (N-methyl/N-ethyl adjacent to an activating group) is 1. The van der Waals surface area contributed by atoms with Gasteiger partial charge in [0, 0.05) is 38.4 Å². The minimum Gasteiger partial charge on any atom is -0.392 e. The number of para-hydroxylation sites is 1. The molecule has 0 radical (unpaired) electrons. The molecule has 2 fully saturated rings. The molecule has 0 spiro atoms. The van der Waals surface area contributed by atoms with Crippen LogP contribution in [0.25, 0.3) is 0 Å². The lowest BCUT2D eigenvalue weighted by molar-refractivity contribution is -0.134. The van der Waals surface area contributed by atoms with Gasteiger partial charge in [-0.2, -0.15) is 0 Å². The Morgan fingerprint density at radius 2 is 2.00 bits per heavy atom. The molecule has 1 amide bonds. The molecule has 3 unspecified atom stereocenters. The zero-order valence-corrected chi connectivity index (χ0v) is 15.6.